The van der Waals surface area contributed by atoms with Crippen LogP contribution in [0.3, 0.4) is 0 Å². The number of hydrogen-bond acceptors (Lipinski definition) is 3. The third kappa shape index (κ3) is 7.23. The molecule has 2 N–H and O–H groups in total. The monoisotopic (exact) mass is 417 g/mol. The molecule has 0 aromatic heterocycles. The van der Waals surface area contributed by atoms with Crippen LogP contribution >= 0.6 is 24.6 Å². The molecule has 0 unspecified atom stereocenters. The highest BCUT2D eigenvalue weighted by Gasteiger charge is 2.19. The van der Waals surface area contributed by atoms with Crippen molar-refractivity contribution in [3.63, 3.8) is 0 Å². The summed E-state index contributed by atoms with van der Waals surface area (Å²) in [5.41, 5.74) is 2.00. The van der Waals surface area contributed by atoms with E-state index in [9.17, 15) is 4.79 Å². The summed E-state index contributed by atoms with van der Waals surface area (Å²) in [6.07, 6.45) is 3.52. The van der Waals surface area contributed by atoms with Crippen molar-refractivity contribution >= 4 is 35.6 Å². The largest absolute Gasteiger partial charge is 0.362 e. The summed E-state index contributed by atoms with van der Waals surface area (Å²) in [4.78, 5) is 14.6. The molecule has 1 saturated heterocycles. The molecule has 1 aliphatic rings. The van der Waals surface area contributed by atoms with Crippen LogP contribution in [-0.4, -0.2) is 35.6 Å². The lowest BCUT2D eigenvalue weighted by Gasteiger charge is -2.32. The van der Waals surface area contributed by atoms with E-state index in [4.69, 9.17) is 12.2 Å². The van der Waals surface area contributed by atoms with Crippen molar-refractivity contribution in [3.05, 3.63) is 71.8 Å². The molecule has 28 heavy (non-hydrogen) atoms. The normalized spacial score (nSPS) is 14.7. The predicted octanol–water partition coefficient (Wildman–Crippen LogP) is 4.02. The molecule has 6 heteroatoms. The summed E-state index contributed by atoms with van der Waals surface area (Å²) in [6, 6.07) is 19.8. The van der Waals surface area contributed by atoms with Crippen LogP contribution in [0.25, 0.3) is 0 Å². The lowest BCUT2D eigenvalue weighted by atomic mass is 9.93. The molecule has 0 bridgehead atoms. The van der Waals surface area contributed by atoms with Crippen LogP contribution < -0.4 is 10.6 Å². The molecule has 0 saturated carbocycles. The minimum absolute atomic E-state index is 0. The Morgan fingerprint density at radius 1 is 1.00 bits per heavy atom. The molecule has 1 fully saturated rings. The van der Waals surface area contributed by atoms with Gasteiger partial charge in [0.05, 0.1) is 0 Å². The molecule has 0 spiro atoms. The summed E-state index contributed by atoms with van der Waals surface area (Å²) >= 11 is 5.24. The number of amides is 1. The highest BCUT2D eigenvalue weighted by atomic mass is 35.5. The molecular formula is C22H28ClN3OS. The van der Waals surface area contributed by atoms with E-state index in [-0.39, 0.29) is 18.3 Å². The van der Waals surface area contributed by atoms with Crippen LogP contribution in [0.5, 0.6) is 0 Å². The Labute approximate surface area is 179 Å². The lowest BCUT2D eigenvalue weighted by molar-refractivity contribution is 0.0976. The number of hydrogen-bond donors (Lipinski definition) is 2. The fraction of sp³-hybridized carbons (Fsp3) is 0.364. The third-order valence-corrected chi connectivity index (χ3v) is 5.30. The van der Waals surface area contributed by atoms with E-state index in [0.717, 1.165) is 38.5 Å². The van der Waals surface area contributed by atoms with Crippen LogP contribution in [0.4, 0.5) is 0 Å². The van der Waals surface area contributed by atoms with Crippen LogP contribution in [0, 0.1) is 5.92 Å². The molecule has 150 valence electrons. The molecule has 4 nitrogen and oxygen atoms in total. The Balaban J connectivity index is 0.00000280. The molecule has 0 radical (unpaired) electrons. The van der Waals surface area contributed by atoms with Gasteiger partial charge in [0, 0.05) is 18.7 Å². The van der Waals surface area contributed by atoms with Crippen molar-refractivity contribution in [1.82, 2.24) is 15.5 Å². The van der Waals surface area contributed by atoms with Gasteiger partial charge in [0.2, 0.25) is 0 Å². The number of benzene rings is 2. The molecule has 0 atom stereocenters. The van der Waals surface area contributed by atoms with E-state index in [0.29, 0.717) is 10.7 Å². The van der Waals surface area contributed by atoms with Gasteiger partial charge in [0.1, 0.15) is 0 Å². The van der Waals surface area contributed by atoms with Gasteiger partial charge in [-0.1, -0.05) is 48.5 Å². The number of halogens is 1. The van der Waals surface area contributed by atoms with E-state index in [1.165, 1.54) is 18.4 Å². The summed E-state index contributed by atoms with van der Waals surface area (Å²) in [7, 11) is 0. The van der Waals surface area contributed by atoms with Gasteiger partial charge in [-0.3, -0.25) is 15.0 Å². The first-order chi connectivity index (χ1) is 13.2. The first-order valence-corrected chi connectivity index (χ1v) is 10.0. The SMILES string of the molecule is Cl.O=C(NC(=S)NCCC1CCN(Cc2ccccc2)CC1)c1ccccc1. The van der Waals surface area contributed by atoms with Crippen molar-refractivity contribution in [3.8, 4) is 0 Å². The summed E-state index contributed by atoms with van der Waals surface area (Å²) in [5, 5.41) is 6.32. The zero-order valence-electron chi connectivity index (χ0n) is 16.0. The fourth-order valence-corrected chi connectivity index (χ4v) is 3.67. The van der Waals surface area contributed by atoms with Gasteiger partial charge in [-0.05, 0) is 68.2 Å². The molecule has 2 aromatic carbocycles. The van der Waals surface area contributed by atoms with Crippen LogP contribution in [-0.2, 0) is 6.54 Å². The Morgan fingerprint density at radius 2 is 1.61 bits per heavy atom. The molecule has 1 aliphatic heterocycles. The van der Waals surface area contributed by atoms with Crippen molar-refractivity contribution < 1.29 is 4.79 Å². The van der Waals surface area contributed by atoms with Crippen molar-refractivity contribution in [2.24, 2.45) is 5.92 Å². The van der Waals surface area contributed by atoms with Gasteiger partial charge >= 0.3 is 0 Å². The van der Waals surface area contributed by atoms with E-state index in [2.05, 4.69) is 45.9 Å². The number of piperidine rings is 1. The Morgan fingerprint density at radius 3 is 2.25 bits per heavy atom. The van der Waals surface area contributed by atoms with Gasteiger partial charge in [-0.2, -0.15) is 0 Å². The average molecular weight is 418 g/mol. The van der Waals surface area contributed by atoms with E-state index < -0.39 is 0 Å². The minimum atomic E-state index is -0.165. The van der Waals surface area contributed by atoms with E-state index in [1.807, 2.05) is 18.2 Å². The Bertz CT molecular complexity index is 734. The maximum absolute atomic E-state index is 12.1. The highest BCUT2D eigenvalue weighted by Crippen LogP contribution is 2.21. The van der Waals surface area contributed by atoms with Gasteiger partial charge in [0.25, 0.3) is 5.91 Å². The van der Waals surface area contributed by atoms with E-state index >= 15 is 0 Å². The van der Waals surface area contributed by atoms with Crippen molar-refractivity contribution in [2.75, 3.05) is 19.6 Å². The number of likely N-dealkylation sites (tertiary alicyclic amines) is 1. The Hall–Kier alpha value is -1.95. The summed E-state index contributed by atoms with van der Waals surface area (Å²) < 4.78 is 0. The number of nitrogens with zero attached hydrogens (tertiary/aromatic N) is 1. The van der Waals surface area contributed by atoms with Crippen molar-refractivity contribution in [2.45, 2.75) is 25.8 Å². The van der Waals surface area contributed by atoms with Gasteiger partial charge in [-0.15, -0.1) is 12.4 Å². The number of rotatable bonds is 6. The van der Waals surface area contributed by atoms with Gasteiger partial charge in [-0.25, -0.2) is 0 Å². The Kier molecular flexibility index (Phi) is 9.41. The zero-order chi connectivity index (χ0) is 18.9. The maximum atomic E-state index is 12.1. The first-order valence-electron chi connectivity index (χ1n) is 9.61. The lowest BCUT2D eigenvalue weighted by Crippen LogP contribution is -2.40. The second-order valence-electron chi connectivity index (χ2n) is 7.07. The van der Waals surface area contributed by atoms with Crippen LogP contribution in [0.15, 0.2) is 60.7 Å². The van der Waals surface area contributed by atoms with Gasteiger partial charge < -0.3 is 5.32 Å². The van der Waals surface area contributed by atoms with Crippen molar-refractivity contribution in [1.29, 1.82) is 0 Å². The zero-order valence-corrected chi connectivity index (χ0v) is 17.6. The molecule has 2 aromatic rings. The predicted molar refractivity (Wildman–Crippen MR) is 121 cm³/mol. The van der Waals surface area contributed by atoms with Crippen LogP contribution in [0.1, 0.15) is 35.2 Å². The topological polar surface area (TPSA) is 44.4 Å². The number of nitrogens with one attached hydrogen (secondary N) is 2. The fourth-order valence-electron chi connectivity index (χ4n) is 3.47. The molecule has 3 rings (SSSR count). The van der Waals surface area contributed by atoms with Gasteiger partial charge in [0.15, 0.2) is 5.11 Å². The standard InChI is InChI=1S/C22H27N3OS.ClH/c26-21(20-9-5-2-6-10-20)24-22(27)23-14-11-18-12-15-25(16-13-18)17-19-7-3-1-4-8-19;/h1-10,18H,11-17H2,(H2,23,24,26,27);1H. The second-order valence-corrected chi connectivity index (χ2v) is 7.48. The van der Waals surface area contributed by atoms with E-state index in [1.54, 1.807) is 12.1 Å². The minimum Gasteiger partial charge on any atom is -0.362 e. The average Bonchev–Trinajstić information content (AvgIpc) is 2.71. The quantitative estimate of drug-likeness (QED) is 0.697. The molecular weight excluding hydrogens is 390 g/mol. The molecule has 1 amide bonds. The number of carbonyl (C=O) groups excluding carboxylic acids is 1. The van der Waals surface area contributed by atoms with Crippen LogP contribution in [0.2, 0.25) is 0 Å². The highest BCUT2D eigenvalue weighted by molar-refractivity contribution is 7.80. The first kappa shape index (κ1) is 22.3. The maximum Gasteiger partial charge on any atom is 0.257 e. The summed E-state index contributed by atoms with van der Waals surface area (Å²) in [6.45, 7) is 4.14. The molecule has 1 heterocycles. The smallest absolute Gasteiger partial charge is 0.257 e. The molecule has 0 aliphatic carbocycles. The number of thiocarbonyl (C=S) groups is 1. The summed E-state index contributed by atoms with van der Waals surface area (Å²) in [5.74, 6) is 0.555. The number of carbonyl (C=O) groups is 1. The second kappa shape index (κ2) is 11.8. The third-order valence-electron chi connectivity index (χ3n) is 5.06.